The van der Waals surface area contributed by atoms with Crippen LogP contribution in [0, 0.1) is 0 Å². The fraction of sp³-hybridized carbons (Fsp3) is 0.263. The molecule has 2 aromatic rings. The largest absolute Gasteiger partial charge is 0.495 e. The molecule has 2 N–H and O–H groups in total. The summed E-state index contributed by atoms with van der Waals surface area (Å²) in [6.07, 6.45) is 1.25. The van der Waals surface area contributed by atoms with Crippen molar-refractivity contribution in [2.75, 3.05) is 29.2 Å². The lowest BCUT2D eigenvalue weighted by Crippen LogP contribution is -2.44. The van der Waals surface area contributed by atoms with E-state index in [0.717, 1.165) is 0 Å². The van der Waals surface area contributed by atoms with Crippen LogP contribution in [0.3, 0.4) is 0 Å². The number of amides is 3. The van der Waals surface area contributed by atoms with E-state index < -0.39 is 0 Å². The van der Waals surface area contributed by atoms with Crippen LogP contribution in [-0.4, -0.2) is 25.6 Å². The number of methoxy groups -OCH3 is 1. The molecule has 3 amide bonds. The Hall–Kier alpha value is -3.02. The number of carbonyl (C=O) groups is 2. The third-order valence-corrected chi connectivity index (χ3v) is 3.36. The van der Waals surface area contributed by atoms with E-state index in [0.29, 0.717) is 22.8 Å². The number of hydrogen-bond donors (Lipinski definition) is 2. The molecule has 25 heavy (non-hydrogen) atoms. The van der Waals surface area contributed by atoms with Crippen molar-refractivity contribution in [2.45, 2.75) is 20.3 Å². The van der Waals surface area contributed by atoms with E-state index >= 15 is 0 Å². The molecule has 0 aromatic heterocycles. The van der Waals surface area contributed by atoms with Gasteiger partial charge in [-0.25, -0.2) is 4.79 Å². The molecule has 2 aromatic carbocycles. The summed E-state index contributed by atoms with van der Waals surface area (Å²) in [5, 5.41) is 5.52. The minimum absolute atomic E-state index is 0.0298. The van der Waals surface area contributed by atoms with Gasteiger partial charge in [-0.3, -0.25) is 9.69 Å². The standard InChI is InChI=1S/C16H15N3O3.C3H8/c1-22-14-9-5-3-7-12(14)18-16(21)19-10-15(20)17-11-6-2-4-8-13(11)19;1-3-2/h2-9H,10H2,1H3,(H,17,20)(H,18,21);3H2,1-2H3. The Balaban J connectivity index is 0.000000701. The number of fused-ring (bicyclic) bond motifs is 1. The fourth-order valence-corrected chi connectivity index (χ4v) is 2.35. The smallest absolute Gasteiger partial charge is 0.326 e. The van der Waals surface area contributed by atoms with Crippen LogP contribution >= 0.6 is 0 Å². The SMILES string of the molecule is CCC.COc1ccccc1NC(=O)N1CC(=O)Nc2ccccc21. The fourth-order valence-electron chi connectivity index (χ4n) is 2.35. The summed E-state index contributed by atoms with van der Waals surface area (Å²) in [6.45, 7) is 4.22. The van der Waals surface area contributed by atoms with Crippen LogP contribution in [0.2, 0.25) is 0 Å². The van der Waals surface area contributed by atoms with E-state index in [2.05, 4.69) is 24.5 Å². The van der Waals surface area contributed by atoms with Crippen LogP contribution in [0.5, 0.6) is 5.75 Å². The number of rotatable bonds is 2. The van der Waals surface area contributed by atoms with Gasteiger partial charge in [-0.1, -0.05) is 44.5 Å². The first-order valence-electron chi connectivity index (χ1n) is 8.21. The van der Waals surface area contributed by atoms with Crippen molar-refractivity contribution < 1.29 is 14.3 Å². The highest BCUT2D eigenvalue weighted by Crippen LogP contribution is 2.30. The zero-order chi connectivity index (χ0) is 18.2. The van der Waals surface area contributed by atoms with E-state index in [1.165, 1.54) is 18.4 Å². The predicted molar refractivity (Wildman–Crippen MR) is 100 cm³/mol. The van der Waals surface area contributed by atoms with Crippen LogP contribution in [0.15, 0.2) is 48.5 Å². The molecular weight excluding hydrogens is 318 g/mol. The van der Waals surface area contributed by atoms with Crippen molar-refractivity contribution in [1.29, 1.82) is 0 Å². The first kappa shape index (κ1) is 18.3. The van der Waals surface area contributed by atoms with Gasteiger partial charge in [0.2, 0.25) is 5.91 Å². The Labute approximate surface area is 147 Å². The van der Waals surface area contributed by atoms with Crippen molar-refractivity contribution in [3.8, 4) is 5.75 Å². The van der Waals surface area contributed by atoms with Crippen LogP contribution < -0.4 is 20.3 Å². The Morgan fingerprint density at radius 2 is 1.80 bits per heavy atom. The Morgan fingerprint density at radius 1 is 1.16 bits per heavy atom. The van der Waals surface area contributed by atoms with Gasteiger partial charge in [0, 0.05) is 0 Å². The van der Waals surface area contributed by atoms with E-state index in [4.69, 9.17) is 4.74 Å². The highest BCUT2D eigenvalue weighted by atomic mass is 16.5. The number of nitrogens with zero attached hydrogens (tertiary/aromatic N) is 1. The number of hydrogen-bond acceptors (Lipinski definition) is 3. The van der Waals surface area contributed by atoms with Gasteiger partial charge < -0.3 is 15.4 Å². The van der Waals surface area contributed by atoms with E-state index in [1.807, 2.05) is 12.1 Å². The molecule has 0 bridgehead atoms. The van der Waals surface area contributed by atoms with Crippen molar-refractivity contribution >= 4 is 29.0 Å². The molecule has 0 unspecified atom stereocenters. The van der Waals surface area contributed by atoms with Gasteiger partial charge in [0.15, 0.2) is 0 Å². The maximum atomic E-state index is 12.5. The number of nitrogens with one attached hydrogen (secondary N) is 2. The quantitative estimate of drug-likeness (QED) is 0.864. The molecule has 0 aliphatic carbocycles. The van der Waals surface area contributed by atoms with Gasteiger partial charge in [0.05, 0.1) is 24.2 Å². The summed E-state index contributed by atoms with van der Waals surface area (Å²) in [7, 11) is 1.54. The summed E-state index contributed by atoms with van der Waals surface area (Å²) in [5.74, 6) is 0.333. The second-order valence-electron chi connectivity index (χ2n) is 5.49. The average Bonchev–Trinajstić information content (AvgIpc) is 2.62. The minimum atomic E-state index is -0.383. The molecule has 6 nitrogen and oxygen atoms in total. The number of ether oxygens (including phenoxy) is 1. The highest BCUT2D eigenvalue weighted by Gasteiger charge is 2.27. The first-order chi connectivity index (χ1) is 12.1. The number of para-hydroxylation sites is 4. The zero-order valence-corrected chi connectivity index (χ0v) is 14.7. The van der Waals surface area contributed by atoms with E-state index in [9.17, 15) is 9.59 Å². The molecule has 0 saturated heterocycles. The molecule has 0 atom stereocenters. The van der Waals surface area contributed by atoms with Crippen molar-refractivity contribution in [2.24, 2.45) is 0 Å². The van der Waals surface area contributed by atoms with Gasteiger partial charge in [0.1, 0.15) is 12.3 Å². The third-order valence-electron chi connectivity index (χ3n) is 3.36. The molecule has 1 aliphatic rings. The second-order valence-corrected chi connectivity index (χ2v) is 5.49. The Bertz CT molecular complexity index is 746. The van der Waals surface area contributed by atoms with E-state index in [1.54, 1.807) is 36.4 Å². The van der Waals surface area contributed by atoms with Crippen LogP contribution in [0.1, 0.15) is 20.3 Å². The number of benzene rings is 2. The molecule has 0 radical (unpaired) electrons. The number of carbonyl (C=O) groups excluding carboxylic acids is 2. The van der Waals surface area contributed by atoms with Crippen molar-refractivity contribution in [3.05, 3.63) is 48.5 Å². The topological polar surface area (TPSA) is 70.7 Å². The molecule has 1 heterocycles. The van der Waals surface area contributed by atoms with Crippen LogP contribution in [0.25, 0.3) is 0 Å². The lowest BCUT2D eigenvalue weighted by atomic mass is 10.2. The molecule has 3 rings (SSSR count). The highest BCUT2D eigenvalue weighted by molar-refractivity contribution is 6.13. The lowest BCUT2D eigenvalue weighted by molar-refractivity contribution is -0.115. The second kappa shape index (κ2) is 8.73. The third kappa shape index (κ3) is 4.50. The Kier molecular flexibility index (Phi) is 6.39. The van der Waals surface area contributed by atoms with E-state index in [-0.39, 0.29) is 18.5 Å². The minimum Gasteiger partial charge on any atom is -0.495 e. The van der Waals surface area contributed by atoms with Crippen LogP contribution in [-0.2, 0) is 4.79 Å². The van der Waals surface area contributed by atoms with Gasteiger partial charge in [-0.15, -0.1) is 0 Å². The van der Waals surface area contributed by atoms with Gasteiger partial charge in [-0.05, 0) is 24.3 Å². The van der Waals surface area contributed by atoms with Crippen molar-refractivity contribution in [3.63, 3.8) is 0 Å². The summed E-state index contributed by atoms with van der Waals surface area (Å²) in [4.78, 5) is 25.7. The van der Waals surface area contributed by atoms with Crippen LogP contribution in [0.4, 0.5) is 21.9 Å². The Morgan fingerprint density at radius 3 is 2.52 bits per heavy atom. The van der Waals surface area contributed by atoms with Gasteiger partial charge >= 0.3 is 6.03 Å². The molecule has 6 heteroatoms. The van der Waals surface area contributed by atoms with Gasteiger partial charge in [0.25, 0.3) is 0 Å². The number of anilines is 3. The normalized spacial score (nSPS) is 12.3. The molecule has 0 spiro atoms. The monoisotopic (exact) mass is 341 g/mol. The zero-order valence-electron chi connectivity index (χ0n) is 14.7. The van der Waals surface area contributed by atoms with Crippen molar-refractivity contribution in [1.82, 2.24) is 0 Å². The lowest BCUT2D eigenvalue weighted by Gasteiger charge is -2.29. The maximum absolute atomic E-state index is 12.5. The summed E-state index contributed by atoms with van der Waals surface area (Å²) in [5.41, 5.74) is 1.84. The maximum Gasteiger partial charge on any atom is 0.326 e. The molecule has 0 fully saturated rings. The molecule has 0 saturated carbocycles. The molecular formula is C19H23N3O3. The summed E-state index contributed by atoms with van der Waals surface area (Å²) >= 11 is 0. The average molecular weight is 341 g/mol. The molecule has 132 valence electrons. The van der Waals surface area contributed by atoms with Gasteiger partial charge in [-0.2, -0.15) is 0 Å². The summed E-state index contributed by atoms with van der Waals surface area (Å²) in [6, 6.07) is 13.9. The summed E-state index contributed by atoms with van der Waals surface area (Å²) < 4.78 is 5.21. The first-order valence-corrected chi connectivity index (χ1v) is 8.21. The number of urea groups is 1. The molecule has 1 aliphatic heterocycles. The predicted octanol–water partition coefficient (Wildman–Crippen LogP) is 4.10.